The lowest BCUT2D eigenvalue weighted by molar-refractivity contribution is -0.142. The van der Waals surface area contributed by atoms with Crippen LogP contribution >= 0.6 is 35.7 Å². The number of aromatic nitrogens is 2. The summed E-state index contributed by atoms with van der Waals surface area (Å²) < 4.78 is 40.3. The number of halogens is 4. The average Bonchev–Trinajstić information content (AvgIpc) is 2.99. The fourth-order valence-electron chi connectivity index (χ4n) is 2.41. The molecule has 1 aromatic carbocycles. The molecule has 0 bridgehead atoms. The van der Waals surface area contributed by atoms with Crippen molar-refractivity contribution in [3.63, 3.8) is 0 Å². The molecule has 0 aliphatic carbocycles. The SMILES string of the molecule is CCNC(=NCc1cn(C)nc1C(F)(F)F)NCC(C)Sc1ccccc1.I. The highest BCUT2D eigenvalue weighted by Crippen LogP contribution is 2.30. The van der Waals surface area contributed by atoms with Gasteiger partial charge < -0.3 is 10.6 Å². The summed E-state index contributed by atoms with van der Waals surface area (Å²) in [5, 5.41) is 10.0. The molecule has 28 heavy (non-hydrogen) atoms. The zero-order chi connectivity index (χ0) is 19.9. The second kappa shape index (κ2) is 11.5. The van der Waals surface area contributed by atoms with Gasteiger partial charge in [-0.3, -0.25) is 4.68 Å². The van der Waals surface area contributed by atoms with Crippen LogP contribution in [-0.4, -0.2) is 34.1 Å². The molecule has 5 nitrogen and oxygen atoms in total. The summed E-state index contributed by atoms with van der Waals surface area (Å²) in [6, 6.07) is 10.0. The van der Waals surface area contributed by atoms with E-state index in [0.29, 0.717) is 19.0 Å². The molecule has 0 saturated carbocycles. The van der Waals surface area contributed by atoms with Crippen molar-refractivity contribution in [1.82, 2.24) is 20.4 Å². The summed E-state index contributed by atoms with van der Waals surface area (Å²) in [5.74, 6) is 0.481. The molecule has 2 aromatic rings. The van der Waals surface area contributed by atoms with Gasteiger partial charge in [0.05, 0.1) is 6.54 Å². The number of hydrogen-bond donors (Lipinski definition) is 2. The predicted molar refractivity (Wildman–Crippen MR) is 118 cm³/mol. The quantitative estimate of drug-likeness (QED) is 0.244. The number of guanidine groups is 1. The highest BCUT2D eigenvalue weighted by molar-refractivity contribution is 14.0. The first-order chi connectivity index (χ1) is 12.8. The van der Waals surface area contributed by atoms with E-state index in [4.69, 9.17) is 0 Å². The molecule has 0 spiro atoms. The summed E-state index contributed by atoms with van der Waals surface area (Å²) >= 11 is 1.72. The van der Waals surface area contributed by atoms with Gasteiger partial charge in [0.1, 0.15) is 0 Å². The maximum Gasteiger partial charge on any atom is 0.435 e. The van der Waals surface area contributed by atoms with Crippen LogP contribution in [-0.2, 0) is 19.8 Å². The molecule has 0 aliphatic rings. The van der Waals surface area contributed by atoms with Crippen LogP contribution in [0.15, 0.2) is 46.4 Å². The van der Waals surface area contributed by atoms with Crippen molar-refractivity contribution in [1.29, 1.82) is 0 Å². The number of benzene rings is 1. The highest BCUT2D eigenvalue weighted by atomic mass is 127. The number of thioether (sulfide) groups is 1. The maximum absolute atomic E-state index is 13.0. The number of aliphatic imine (C=N–C) groups is 1. The second-order valence-electron chi connectivity index (χ2n) is 5.99. The number of rotatable bonds is 7. The van der Waals surface area contributed by atoms with E-state index in [1.807, 2.05) is 37.3 Å². The average molecular weight is 527 g/mol. The molecular formula is C18H25F3IN5S. The van der Waals surface area contributed by atoms with Gasteiger partial charge in [-0.15, -0.1) is 35.7 Å². The topological polar surface area (TPSA) is 54.2 Å². The minimum absolute atomic E-state index is 0. The maximum atomic E-state index is 13.0. The smallest absolute Gasteiger partial charge is 0.357 e. The van der Waals surface area contributed by atoms with Gasteiger partial charge in [-0.2, -0.15) is 18.3 Å². The summed E-state index contributed by atoms with van der Waals surface area (Å²) in [7, 11) is 1.47. The fraction of sp³-hybridized carbons (Fsp3) is 0.444. The molecule has 2 N–H and O–H groups in total. The van der Waals surface area contributed by atoms with E-state index in [1.54, 1.807) is 11.8 Å². The Labute approximate surface area is 184 Å². The molecule has 0 fully saturated rings. The van der Waals surface area contributed by atoms with Gasteiger partial charge in [0.15, 0.2) is 11.7 Å². The van der Waals surface area contributed by atoms with Crippen LogP contribution in [0.2, 0.25) is 0 Å². The molecule has 0 amide bonds. The van der Waals surface area contributed by atoms with Crippen LogP contribution in [0.1, 0.15) is 25.1 Å². The van der Waals surface area contributed by atoms with E-state index >= 15 is 0 Å². The molecule has 0 saturated heterocycles. The lowest BCUT2D eigenvalue weighted by atomic mass is 10.2. The number of aryl methyl sites for hydroxylation is 1. The van der Waals surface area contributed by atoms with E-state index < -0.39 is 11.9 Å². The largest absolute Gasteiger partial charge is 0.435 e. The highest BCUT2D eigenvalue weighted by Gasteiger charge is 2.36. The Hall–Kier alpha value is -1.43. The van der Waals surface area contributed by atoms with Gasteiger partial charge >= 0.3 is 6.18 Å². The summed E-state index contributed by atoms with van der Waals surface area (Å²) in [5.41, 5.74) is -0.841. The van der Waals surface area contributed by atoms with Gasteiger partial charge in [-0.05, 0) is 19.1 Å². The first-order valence-electron chi connectivity index (χ1n) is 8.63. The van der Waals surface area contributed by atoms with E-state index in [0.717, 1.165) is 4.68 Å². The first-order valence-corrected chi connectivity index (χ1v) is 9.51. The molecular weight excluding hydrogens is 502 g/mol. The first kappa shape index (κ1) is 24.6. The zero-order valence-corrected chi connectivity index (χ0v) is 19.1. The van der Waals surface area contributed by atoms with Crippen molar-refractivity contribution in [3.05, 3.63) is 47.8 Å². The number of alkyl halides is 3. The van der Waals surface area contributed by atoms with Crippen molar-refractivity contribution in [2.75, 3.05) is 13.1 Å². The van der Waals surface area contributed by atoms with Crippen LogP contribution < -0.4 is 10.6 Å². The third kappa shape index (κ3) is 7.90. The Balaban J connectivity index is 0.00000392. The standard InChI is InChI=1S/C18H24F3N5S.HI/c1-4-22-17(23-10-13(2)27-15-8-6-5-7-9-15)24-11-14-12-26(3)25-16(14)18(19,20)21;/h5-9,12-13H,4,10-11H2,1-3H3,(H2,22,23,24);1H. The van der Waals surface area contributed by atoms with Crippen LogP contribution in [0.25, 0.3) is 0 Å². The van der Waals surface area contributed by atoms with Crippen molar-refractivity contribution in [3.8, 4) is 0 Å². The Bertz CT molecular complexity index is 749. The summed E-state index contributed by atoms with van der Waals surface area (Å²) in [4.78, 5) is 5.45. The van der Waals surface area contributed by atoms with Crippen molar-refractivity contribution in [2.24, 2.45) is 12.0 Å². The zero-order valence-electron chi connectivity index (χ0n) is 16.0. The molecule has 156 valence electrons. The Kier molecular flexibility index (Phi) is 10.1. The van der Waals surface area contributed by atoms with Crippen molar-refractivity contribution >= 4 is 41.7 Å². The van der Waals surface area contributed by atoms with E-state index in [9.17, 15) is 13.2 Å². The second-order valence-corrected chi connectivity index (χ2v) is 7.50. The minimum Gasteiger partial charge on any atom is -0.357 e. The van der Waals surface area contributed by atoms with Crippen molar-refractivity contribution in [2.45, 2.75) is 36.7 Å². The molecule has 1 aromatic heterocycles. The van der Waals surface area contributed by atoms with Gasteiger partial charge in [-0.1, -0.05) is 25.1 Å². The molecule has 1 heterocycles. The van der Waals surface area contributed by atoms with E-state index in [-0.39, 0.29) is 41.3 Å². The van der Waals surface area contributed by atoms with Crippen LogP contribution in [0.5, 0.6) is 0 Å². The number of hydrogen-bond acceptors (Lipinski definition) is 3. The van der Waals surface area contributed by atoms with E-state index in [2.05, 4.69) is 27.6 Å². The Morgan fingerprint density at radius 3 is 2.54 bits per heavy atom. The summed E-state index contributed by atoms with van der Waals surface area (Å²) in [6.07, 6.45) is -3.14. The van der Waals surface area contributed by atoms with Gasteiger partial charge in [0.2, 0.25) is 0 Å². The monoisotopic (exact) mass is 527 g/mol. The van der Waals surface area contributed by atoms with Crippen molar-refractivity contribution < 1.29 is 13.2 Å². The third-order valence-electron chi connectivity index (χ3n) is 3.56. The van der Waals surface area contributed by atoms with Gasteiger partial charge in [0.25, 0.3) is 0 Å². The molecule has 0 radical (unpaired) electrons. The fourth-order valence-corrected chi connectivity index (χ4v) is 3.36. The molecule has 1 atom stereocenters. The lowest BCUT2D eigenvalue weighted by Crippen LogP contribution is -2.40. The Morgan fingerprint density at radius 1 is 1.25 bits per heavy atom. The molecule has 2 rings (SSSR count). The predicted octanol–water partition coefficient (Wildman–Crippen LogP) is 4.29. The number of nitrogens with one attached hydrogen (secondary N) is 2. The molecule has 10 heteroatoms. The lowest BCUT2D eigenvalue weighted by Gasteiger charge is -2.15. The van der Waals surface area contributed by atoms with Crippen LogP contribution in [0.4, 0.5) is 13.2 Å². The van der Waals surface area contributed by atoms with Gasteiger partial charge in [0, 0.05) is 42.0 Å². The van der Waals surface area contributed by atoms with E-state index in [1.165, 1.54) is 18.1 Å². The normalized spacial score (nSPS) is 13.0. The molecule has 1 unspecified atom stereocenters. The minimum atomic E-state index is -4.49. The number of nitrogens with zero attached hydrogens (tertiary/aromatic N) is 3. The molecule has 0 aliphatic heterocycles. The van der Waals surface area contributed by atoms with Crippen LogP contribution in [0, 0.1) is 0 Å². The Morgan fingerprint density at radius 2 is 1.93 bits per heavy atom. The van der Waals surface area contributed by atoms with Crippen LogP contribution in [0.3, 0.4) is 0 Å². The third-order valence-corrected chi connectivity index (χ3v) is 4.68. The summed E-state index contributed by atoms with van der Waals surface area (Å²) in [6.45, 7) is 5.13. The van der Waals surface area contributed by atoms with Gasteiger partial charge in [-0.25, -0.2) is 4.99 Å².